The number of nitrogens with one attached hydrogen (secondary N) is 1. The van der Waals surface area contributed by atoms with E-state index in [0.29, 0.717) is 12.2 Å². The zero-order chi connectivity index (χ0) is 15.0. The standard InChI is InChI=1S/C16H25NO2S/c1-4-16(3,9-10-18)17-15(19)12-20-11-14-7-5-13(2)6-8-14/h5-8,18H,4,9-12H2,1-3H3,(H,17,19). The van der Waals surface area contributed by atoms with Crippen LogP contribution >= 0.6 is 11.8 Å². The Morgan fingerprint density at radius 2 is 2.00 bits per heavy atom. The molecule has 1 aromatic rings. The first kappa shape index (κ1) is 17.1. The smallest absolute Gasteiger partial charge is 0.230 e. The first-order chi connectivity index (χ1) is 9.49. The molecule has 1 unspecified atom stereocenters. The highest BCUT2D eigenvalue weighted by Gasteiger charge is 2.23. The van der Waals surface area contributed by atoms with Gasteiger partial charge in [-0.05, 0) is 32.3 Å². The molecule has 0 fully saturated rings. The van der Waals surface area contributed by atoms with Gasteiger partial charge in [-0.2, -0.15) is 0 Å². The Labute approximate surface area is 126 Å². The summed E-state index contributed by atoms with van der Waals surface area (Å²) in [6.45, 7) is 6.17. The van der Waals surface area contributed by atoms with Gasteiger partial charge in [-0.3, -0.25) is 4.79 Å². The highest BCUT2D eigenvalue weighted by Crippen LogP contribution is 2.16. The van der Waals surface area contributed by atoms with Crippen molar-refractivity contribution < 1.29 is 9.90 Å². The summed E-state index contributed by atoms with van der Waals surface area (Å²) < 4.78 is 0. The fourth-order valence-corrected chi connectivity index (χ4v) is 2.68. The lowest BCUT2D eigenvalue weighted by atomic mass is 9.95. The molecule has 0 aliphatic heterocycles. The van der Waals surface area contributed by atoms with Gasteiger partial charge in [-0.1, -0.05) is 36.8 Å². The van der Waals surface area contributed by atoms with Gasteiger partial charge in [0.25, 0.3) is 0 Å². The van der Waals surface area contributed by atoms with Crippen LogP contribution < -0.4 is 5.32 Å². The van der Waals surface area contributed by atoms with Crippen LogP contribution in [0.5, 0.6) is 0 Å². The zero-order valence-electron chi connectivity index (χ0n) is 12.6. The van der Waals surface area contributed by atoms with Gasteiger partial charge in [0.05, 0.1) is 5.75 Å². The van der Waals surface area contributed by atoms with Crippen molar-refractivity contribution in [3.63, 3.8) is 0 Å². The molecule has 1 amide bonds. The molecule has 0 aromatic heterocycles. The van der Waals surface area contributed by atoms with Crippen molar-refractivity contribution in [2.75, 3.05) is 12.4 Å². The van der Waals surface area contributed by atoms with Crippen molar-refractivity contribution in [1.82, 2.24) is 5.32 Å². The van der Waals surface area contributed by atoms with Crippen molar-refractivity contribution in [1.29, 1.82) is 0 Å². The number of hydrogen-bond acceptors (Lipinski definition) is 3. The van der Waals surface area contributed by atoms with Crippen molar-refractivity contribution in [2.24, 2.45) is 0 Å². The average Bonchev–Trinajstić information content (AvgIpc) is 2.41. The van der Waals surface area contributed by atoms with Crippen LogP contribution in [-0.2, 0) is 10.5 Å². The molecule has 20 heavy (non-hydrogen) atoms. The molecule has 2 N–H and O–H groups in total. The maximum atomic E-state index is 11.9. The molecule has 112 valence electrons. The first-order valence-corrected chi connectivity index (χ1v) is 8.20. The molecule has 0 spiro atoms. The number of carbonyl (C=O) groups is 1. The van der Waals surface area contributed by atoms with Crippen molar-refractivity contribution >= 4 is 17.7 Å². The normalized spacial score (nSPS) is 13.8. The number of aliphatic hydroxyl groups is 1. The highest BCUT2D eigenvalue weighted by molar-refractivity contribution is 7.99. The summed E-state index contributed by atoms with van der Waals surface area (Å²) in [5.41, 5.74) is 2.19. The molecule has 1 atom stereocenters. The molecule has 4 heteroatoms. The Bertz CT molecular complexity index is 419. The SMILES string of the molecule is CCC(C)(CCO)NC(=O)CSCc1ccc(C)cc1. The maximum Gasteiger partial charge on any atom is 0.230 e. The van der Waals surface area contributed by atoms with E-state index in [1.54, 1.807) is 11.8 Å². The van der Waals surface area contributed by atoms with Crippen LogP contribution in [0.3, 0.4) is 0 Å². The second-order valence-electron chi connectivity index (χ2n) is 5.41. The van der Waals surface area contributed by atoms with E-state index < -0.39 is 0 Å². The lowest BCUT2D eigenvalue weighted by Gasteiger charge is -2.28. The molecule has 3 nitrogen and oxygen atoms in total. The molecular formula is C16H25NO2S. The quantitative estimate of drug-likeness (QED) is 0.775. The van der Waals surface area contributed by atoms with Gasteiger partial charge >= 0.3 is 0 Å². The number of aliphatic hydroxyl groups excluding tert-OH is 1. The van der Waals surface area contributed by atoms with E-state index >= 15 is 0 Å². The van der Waals surface area contributed by atoms with Gasteiger partial charge in [0.1, 0.15) is 0 Å². The Kier molecular flexibility index (Phi) is 7.10. The highest BCUT2D eigenvalue weighted by atomic mass is 32.2. The number of benzene rings is 1. The number of hydrogen-bond donors (Lipinski definition) is 2. The summed E-state index contributed by atoms with van der Waals surface area (Å²) in [6, 6.07) is 8.38. The van der Waals surface area contributed by atoms with E-state index in [-0.39, 0.29) is 18.1 Å². The molecule has 0 aliphatic rings. The summed E-state index contributed by atoms with van der Waals surface area (Å²) in [4.78, 5) is 11.9. The van der Waals surface area contributed by atoms with Crippen LogP contribution in [0.1, 0.15) is 37.8 Å². The molecule has 1 rings (SSSR count). The number of carbonyl (C=O) groups excluding carboxylic acids is 1. The van der Waals surface area contributed by atoms with E-state index in [2.05, 4.69) is 36.5 Å². The molecule has 0 saturated carbocycles. The summed E-state index contributed by atoms with van der Waals surface area (Å²) in [7, 11) is 0. The maximum absolute atomic E-state index is 11.9. The molecule has 0 saturated heterocycles. The molecular weight excluding hydrogens is 270 g/mol. The van der Waals surface area contributed by atoms with Crippen LogP contribution in [0.25, 0.3) is 0 Å². The van der Waals surface area contributed by atoms with Gasteiger partial charge < -0.3 is 10.4 Å². The molecule has 1 aromatic carbocycles. The topological polar surface area (TPSA) is 49.3 Å². The van der Waals surface area contributed by atoms with Gasteiger partial charge in [-0.15, -0.1) is 11.8 Å². The van der Waals surface area contributed by atoms with Gasteiger partial charge in [-0.25, -0.2) is 0 Å². The lowest BCUT2D eigenvalue weighted by Crippen LogP contribution is -2.46. The van der Waals surface area contributed by atoms with Crippen LogP contribution in [-0.4, -0.2) is 28.9 Å². The minimum atomic E-state index is -0.295. The van der Waals surface area contributed by atoms with Gasteiger partial charge in [0.2, 0.25) is 5.91 Å². The Morgan fingerprint density at radius 1 is 1.35 bits per heavy atom. The van der Waals surface area contributed by atoms with Crippen LogP contribution in [0.2, 0.25) is 0 Å². The van der Waals surface area contributed by atoms with E-state index in [4.69, 9.17) is 5.11 Å². The third kappa shape index (κ3) is 5.97. The van der Waals surface area contributed by atoms with Crippen LogP contribution in [0, 0.1) is 6.92 Å². The largest absolute Gasteiger partial charge is 0.396 e. The van der Waals surface area contributed by atoms with Crippen molar-refractivity contribution in [3.8, 4) is 0 Å². The number of aryl methyl sites for hydroxylation is 1. The fraction of sp³-hybridized carbons (Fsp3) is 0.562. The molecule has 0 aliphatic carbocycles. The fourth-order valence-electron chi connectivity index (χ4n) is 1.89. The molecule has 0 radical (unpaired) electrons. The second kappa shape index (κ2) is 8.32. The second-order valence-corrected chi connectivity index (χ2v) is 6.40. The van der Waals surface area contributed by atoms with E-state index in [1.165, 1.54) is 11.1 Å². The number of thioether (sulfide) groups is 1. The summed E-state index contributed by atoms with van der Waals surface area (Å²) in [5.74, 6) is 1.34. The average molecular weight is 295 g/mol. The molecule has 0 heterocycles. The summed E-state index contributed by atoms with van der Waals surface area (Å²) in [6.07, 6.45) is 1.42. The lowest BCUT2D eigenvalue weighted by molar-refractivity contribution is -0.120. The Balaban J connectivity index is 2.34. The van der Waals surface area contributed by atoms with E-state index in [1.807, 2.05) is 13.8 Å². The van der Waals surface area contributed by atoms with E-state index in [0.717, 1.165) is 12.2 Å². The van der Waals surface area contributed by atoms with Crippen LogP contribution in [0.15, 0.2) is 24.3 Å². The minimum absolute atomic E-state index is 0.0416. The summed E-state index contributed by atoms with van der Waals surface area (Å²) >= 11 is 1.62. The summed E-state index contributed by atoms with van der Waals surface area (Å²) in [5, 5.41) is 12.1. The monoisotopic (exact) mass is 295 g/mol. The van der Waals surface area contributed by atoms with E-state index in [9.17, 15) is 4.79 Å². The third-order valence-corrected chi connectivity index (χ3v) is 4.51. The Morgan fingerprint density at radius 3 is 2.55 bits per heavy atom. The van der Waals surface area contributed by atoms with Crippen molar-refractivity contribution in [3.05, 3.63) is 35.4 Å². The predicted octanol–water partition coefficient (Wildman–Crippen LogP) is 2.90. The first-order valence-electron chi connectivity index (χ1n) is 7.04. The minimum Gasteiger partial charge on any atom is -0.396 e. The number of amides is 1. The molecule has 0 bridgehead atoms. The van der Waals surface area contributed by atoms with Gasteiger partial charge in [0.15, 0.2) is 0 Å². The zero-order valence-corrected chi connectivity index (χ0v) is 13.4. The predicted molar refractivity (Wildman–Crippen MR) is 85.9 cm³/mol. The van der Waals surface area contributed by atoms with Crippen molar-refractivity contribution in [2.45, 2.75) is 44.9 Å². The van der Waals surface area contributed by atoms with Crippen LogP contribution in [0.4, 0.5) is 0 Å². The van der Waals surface area contributed by atoms with Gasteiger partial charge in [0, 0.05) is 17.9 Å². The number of rotatable bonds is 8. The third-order valence-electron chi connectivity index (χ3n) is 3.51. The Hall–Kier alpha value is -1.00.